The molecule has 0 saturated carbocycles. The van der Waals surface area contributed by atoms with Crippen molar-refractivity contribution in [3.05, 3.63) is 35.9 Å². The van der Waals surface area contributed by atoms with E-state index in [-0.39, 0.29) is 6.04 Å². The van der Waals surface area contributed by atoms with Gasteiger partial charge in [0.1, 0.15) is 0 Å². The molecule has 0 fully saturated rings. The molecule has 2 unspecified atom stereocenters. The number of rotatable bonds is 3. The highest BCUT2D eigenvalue weighted by molar-refractivity contribution is 7.37. The van der Waals surface area contributed by atoms with Crippen molar-refractivity contribution in [1.29, 1.82) is 0 Å². The molecular formula is C9H14NP. The number of hydrogen-bond donors (Lipinski definition) is 1. The van der Waals surface area contributed by atoms with Gasteiger partial charge in [-0.1, -0.05) is 30.3 Å². The van der Waals surface area contributed by atoms with Crippen molar-refractivity contribution in [2.75, 3.05) is 12.8 Å². The fourth-order valence-corrected chi connectivity index (χ4v) is 1.71. The van der Waals surface area contributed by atoms with Gasteiger partial charge in [0.25, 0.3) is 0 Å². The Hall–Kier alpha value is -0.390. The van der Waals surface area contributed by atoms with E-state index in [1.165, 1.54) is 5.56 Å². The van der Waals surface area contributed by atoms with Crippen molar-refractivity contribution < 1.29 is 0 Å². The van der Waals surface area contributed by atoms with Crippen LogP contribution in [0.2, 0.25) is 0 Å². The number of benzene rings is 1. The average molecular weight is 167 g/mol. The van der Waals surface area contributed by atoms with Crippen LogP contribution in [0, 0.1) is 0 Å². The first kappa shape index (κ1) is 8.70. The van der Waals surface area contributed by atoms with Crippen molar-refractivity contribution in [1.82, 2.24) is 0 Å². The first-order chi connectivity index (χ1) is 5.34. The quantitative estimate of drug-likeness (QED) is 0.684. The van der Waals surface area contributed by atoms with E-state index in [0.29, 0.717) is 0 Å². The molecule has 0 radical (unpaired) electrons. The van der Waals surface area contributed by atoms with Gasteiger partial charge in [0.2, 0.25) is 0 Å². The van der Waals surface area contributed by atoms with Gasteiger partial charge in [0, 0.05) is 6.04 Å². The van der Waals surface area contributed by atoms with Crippen LogP contribution in [-0.2, 0) is 0 Å². The van der Waals surface area contributed by atoms with Gasteiger partial charge in [-0.3, -0.25) is 0 Å². The fourth-order valence-electron chi connectivity index (χ4n) is 1.04. The Morgan fingerprint density at radius 3 is 2.55 bits per heavy atom. The van der Waals surface area contributed by atoms with Gasteiger partial charge in [0.15, 0.2) is 0 Å². The molecule has 60 valence electrons. The van der Waals surface area contributed by atoms with Crippen molar-refractivity contribution in [2.45, 2.75) is 6.04 Å². The molecule has 1 nitrogen and oxygen atoms in total. The summed E-state index contributed by atoms with van der Waals surface area (Å²) in [5, 5.41) is 0. The van der Waals surface area contributed by atoms with Gasteiger partial charge < -0.3 is 5.73 Å². The predicted molar refractivity (Wildman–Crippen MR) is 52.5 cm³/mol. The van der Waals surface area contributed by atoms with Crippen molar-refractivity contribution in [3.8, 4) is 0 Å². The first-order valence-electron chi connectivity index (χ1n) is 3.79. The van der Waals surface area contributed by atoms with Crippen molar-refractivity contribution in [3.63, 3.8) is 0 Å². The van der Waals surface area contributed by atoms with E-state index in [0.717, 1.165) is 14.7 Å². The standard InChI is InChI=1S/C9H14NP/c1-11-7-9(10)8-5-3-2-4-6-8/h2-6,9,11H,7,10H2,1H3. The van der Waals surface area contributed by atoms with Crippen LogP contribution in [0.3, 0.4) is 0 Å². The Balaban J connectivity index is 2.61. The molecule has 2 atom stereocenters. The zero-order chi connectivity index (χ0) is 8.10. The van der Waals surface area contributed by atoms with Gasteiger partial charge >= 0.3 is 0 Å². The molecule has 0 saturated heterocycles. The van der Waals surface area contributed by atoms with E-state index in [4.69, 9.17) is 5.73 Å². The summed E-state index contributed by atoms with van der Waals surface area (Å²) in [5.74, 6) is 0. The van der Waals surface area contributed by atoms with Crippen LogP contribution in [0.15, 0.2) is 30.3 Å². The summed E-state index contributed by atoms with van der Waals surface area (Å²) in [7, 11) is 0.939. The molecule has 2 N–H and O–H groups in total. The molecule has 0 aliphatic rings. The SMILES string of the molecule is CPCC(N)c1ccccc1. The minimum absolute atomic E-state index is 0.236. The molecule has 0 aromatic heterocycles. The van der Waals surface area contributed by atoms with Crippen LogP contribution in [-0.4, -0.2) is 12.8 Å². The van der Waals surface area contributed by atoms with Crippen LogP contribution in [0.25, 0.3) is 0 Å². The summed E-state index contributed by atoms with van der Waals surface area (Å²) in [6, 6.07) is 10.5. The van der Waals surface area contributed by atoms with Crippen LogP contribution >= 0.6 is 8.58 Å². The van der Waals surface area contributed by atoms with Crippen molar-refractivity contribution in [2.24, 2.45) is 5.73 Å². The van der Waals surface area contributed by atoms with E-state index in [9.17, 15) is 0 Å². The third-order valence-electron chi connectivity index (χ3n) is 1.65. The Morgan fingerprint density at radius 1 is 1.36 bits per heavy atom. The largest absolute Gasteiger partial charge is 0.324 e. The molecule has 1 aromatic carbocycles. The van der Waals surface area contributed by atoms with Gasteiger partial charge in [-0.15, -0.1) is 8.58 Å². The van der Waals surface area contributed by atoms with E-state index in [2.05, 4.69) is 18.8 Å². The smallest absolute Gasteiger partial charge is 0.0332 e. The highest BCUT2D eigenvalue weighted by Crippen LogP contribution is 2.16. The maximum Gasteiger partial charge on any atom is 0.0332 e. The normalized spacial score (nSPS) is 14.0. The van der Waals surface area contributed by atoms with Gasteiger partial charge in [-0.25, -0.2) is 0 Å². The lowest BCUT2D eigenvalue weighted by atomic mass is 10.1. The third-order valence-corrected chi connectivity index (χ3v) is 2.50. The maximum absolute atomic E-state index is 5.91. The lowest BCUT2D eigenvalue weighted by Crippen LogP contribution is -2.11. The summed E-state index contributed by atoms with van der Waals surface area (Å²) in [6.07, 6.45) is 1.10. The summed E-state index contributed by atoms with van der Waals surface area (Å²) < 4.78 is 0. The minimum atomic E-state index is 0.236. The Labute approximate surface area is 69.8 Å². The van der Waals surface area contributed by atoms with Crippen LogP contribution in [0.1, 0.15) is 11.6 Å². The van der Waals surface area contributed by atoms with E-state index < -0.39 is 0 Å². The second kappa shape index (κ2) is 4.48. The molecular weight excluding hydrogens is 153 g/mol. The molecule has 0 bridgehead atoms. The lowest BCUT2D eigenvalue weighted by molar-refractivity contribution is 0.829. The first-order valence-corrected chi connectivity index (χ1v) is 5.50. The molecule has 0 aliphatic carbocycles. The van der Waals surface area contributed by atoms with E-state index >= 15 is 0 Å². The maximum atomic E-state index is 5.91. The van der Waals surface area contributed by atoms with Crippen LogP contribution in [0.4, 0.5) is 0 Å². The Kier molecular flexibility index (Phi) is 3.55. The summed E-state index contributed by atoms with van der Waals surface area (Å²) in [5.41, 5.74) is 7.16. The highest BCUT2D eigenvalue weighted by Gasteiger charge is 2.01. The van der Waals surface area contributed by atoms with Crippen LogP contribution in [0.5, 0.6) is 0 Å². The van der Waals surface area contributed by atoms with Gasteiger partial charge in [-0.2, -0.15) is 0 Å². The zero-order valence-electron chi connectivity index (χ0n) is 6.75. The third kappa shape index (κ3) is 2.61. The molecule has 1 aromatic rings. The number of nitrogens with two attached hydrogens (primary N) is 1. The van der Waals surface area contributed by atoms with E-state index in [1.807, 2.05) is 18.2 Å². The van der Waals surface area contributed by atoms with E-state index in [1.54, 1.807) is 0 Å². The average Bonchev–Trinajstić information content (AvgIpc) is 2.07. The second-order valence-corrected chi connectivity index (χ2v) is 3.69. The number of hydrogen-bond acceptors (Lipinski definition) is 1. The van der Waals surface area contributed by atoms with Gasteiger partial charge in [-0.05, 0) is 18.4 Å². The molecule has 2 heteroatoms. The molecule has 11 heavy (non-hydrogen) atoms. The predicted octanol–water partition coefficient (Wildman–Crippen LogP) is 1.99. The van der Waals surface area contributed by atoms with Crippen LogP contribution < -0.4 is 5.73 Å². The fraction of sp³-hybridized carbons (Fsp3) is 0.333. The van der Waals surface area contributed by atoms with Crippen molar-refractivity contribution >= 4 is 8.58 Å². The Morgan fingerprint density at radius 2 is 2.00 bits per heavy atom. The molecule has 0 spiro atoms. The van der Waals surface area contributed by atoms with Gasteiger partial charge in [0.05, 0.1) is 0 Å². The molecule has 0 amide bonds. The zero-order valence-corrected chi connectivity index (χ0v) is 7.75. The molecule has 1 rings (SSSR count). The summed E-state index contributed by atoms with van der Waals surface area (Å²) >= 11 is 0. The summed E-state index contributed by atoms with van der Waals surface area (Å²) in [4.78, 5) is 0. The Bertz CT molecular complexity index is 198. The monoisotopic (exact) mass is 167 g/mol. The second-order valence-electron chi connectivity index (χ2n) is 2.57. The lowest BCUT2D eigenvalue weighted by Gasteiger charge is -2.09. The highest BCUT2D eigenvalue weighted by atomic mass is 31.1. The topological polar surface area (TPSA) is 26.0 Å². The molecule has 0 heterocycles. The molecule has 0 aliphatic heterocycles. The minimum Gasteiger partial charge on any atom is -0.324 e. The summed E-state index contributed by atoms with van der Waals surface area (Å²) in [6.45, 7) is 2.18.